The van der Waals surface area contributed by atoms with E-state index < -0.39 is 6.10 Å². The number of esters is 3. The Kier molecular flexibility index (Phi) is 46.6. The molecule has 6 nitrogen and oxygen atoms in total. The van der Waals surface area contributed by atoms with E-state index in [9.17, 15) is 14.4 Å². The second kappa shape index (κ2) is 47.9. The van der Waals surface area contributed by atoms with E-state index in [1.54, 1.807) is 0 Å². The van der Waals surface area contributed by atoms with Crippen molar-refractivity contribution in [3.05, 3.63) is 0 Å². The topological polar surface area (TPSA) is 78.9 Å². The maximum atomic E-state index is 12.8. The van der Waals surface area contributed by atoms with Crippen LogP contribution >= 0.6 is 0 Å². The van der Waals surface area contributed by atoms with Gasteiger partial charge in [-0.2, -0.15) is 0 Å². The Morgan fingerprint density at radius 3 is 0.803 bits per heavy atom. The second-order valence-electron chi connectivity index (χ2n) is 19.8. The van der Waals surface area contributed by atoms with Gasteiger partial charge in [0.1, 0.15) is 13.2 Å². The summed E-state index contributed by atoms with van der Waals surface area (Å²) >= 11 is 0. The van der Waals surface area contributed by atoms with Crippen molar-refractivity contribution in [1.82, 2.24) is 0 Å². The molecular formula is C55H106O6. The number of unbranched alkanes of at least 4 members (excludes halogenated alkanes) is 34. The summed E-state index contributed by atoms with van der Waals surface area (Å²) in [6.07, 6.45) is 49.4. The molecule has 0 unspecified atom stereocenters. The first-order valence-electron chi connectivity index (χ1n) is 27.2. The number of hydrogen-bond donors (Lipinski definition) is 0. The van der Waals surface area contributed by atoms with Crippen LogP contribution in [0.25, 0.3) is 0 Å². The van der Waals surface area contributed by atoms with Crippen LogP contribution < -0.4 is 0 Å². The monoisotopic (exact) mass is 863 g/mol. The Morgan fingerprint density at radius 2 is 0.541 bits per heavy atom. The van der Waals surface area contributed by atoms with E-state index in [4.69, 9.17) is 14.2 Å². The van der Waals surface area contributed by atoms with E-state index in [-0.39, 0.29) is 31.1 Å². The molecule has 61 heavy (non-hydrogen) atoms. The summed E-state index contributed by atoms with van der Waals surface area (Å²) < 4.78 is 16.8. The summed E-state index contributed by atoms with van der Waals surface area (Å²) in [5.74, 6) is 0.806. The van der Waals surface area contributed by atoms with Gasteiger partial charge in [-0.05, 0) is 31.1 Å². The molecule has 0 aliphatic carbocycles. The molecule has 0 saturated carbocycles. The molecule has 0 heterocycles. The molecule has 0 aromatic heterocycles. The first kappa shape index (κ1) is 59.4. The third kappa shape index (κ3) is 49.3. The van der Waals surface area contributed by atoms with Crippen molar-refractivity contribution in [3.8, 4) is 0 Å². The van der Waals surface area contributed by atoms with Gasteiger partial charge in [0.25, 0.3) is 0 Å². The predicted molar refractivity (Wildman–Crippen MR) is 261 cm³/mol. The summed E-state index contributed by atoms with van der Waals surface area (Å²) in [6, 6.07) is 0. The van der Waals surface area contributed by atoms with E-state index in [2.05, 4.69) is 34.6 Å². The van der Waals surface area contributed by atoms with Crippen LogP contribution in [-0.4, -0.2) is 37.2 Å². The molecule has 0 saturated heterocycles. The maximum absolute atomic E-state index is 12.8. The zero-order valence-corrected chi connectivity index (χ0v) is 41.8. The normalized spacial score (nSPS) is 12.0. The van der Waals surface area contributed by atoms with Gasteiger partial charge in [0.2, 0.25) is 0 Å². The Bertz CT molecular complexity index is 931. The number of rotatable bonds is 49. The lowest BCUT2D eigenvalue weighted by Gasteiger charge is -2.18. The smallest absolute Gasteiger partial charge is 0.306 e. The maximum Gasteiger partial charge on any atom is 0.306 e. The van der Waals surface area contributed by atoms with Crippen LogP contribution in [0, 0.1) is 11.8 Å². The molecule has 0 bridgehead atoms. The molecule has 0 amide bonds. The minimum atomic E-state index is -0.762. The van der Waals surface area contributed by atoms with Crippen LogP contribution in [0.2, 0.25) is 0 Å². The van der Waals surface area contributed by atoms with Gasteiger partial charge in [-0.15, -0.1) is 0 Å². The number of ether oxygens (including phenoxy) is 3. The average molecular weight is 863 g/mol. The van der Waals surface area contributed by atoms with E-state index in [1.165, 1.54) is 193 Å². The fraction of sp³-hybridized carbons (Fsp3) is 0.945. The van der Waals surface area contributed by atoms with Crippen LogP contribution in [0.15, 0.2) is 0 Å². The lowest BCUT2D eigenvalue weighted by atomic mass is 10.0. The Morgan fingerprint density at radius 1 is 0.311 bits per heavy atom. The zero-order valence-electron chi connectivity index (χ0n) is 41.8. The second-order valence-corrected chi connectivity index (χ2v) is 19.8. The van der Waals surface area contributed by atoms with Crippen LogP contribution in [0.1, 0.15) is 304 Å². The van der Waals surface area contributed by atoms with E-state index in [1.807, 2.05) is 0 Å². The quantitative estimate of drug-likeness (QED) is 0.0344. The highest BCUT2D eigenvalue weighted by atomic mass is 16.6. The van der Waals surface area contributed by atoms with Gasteiger partial charge < -0.3 is 14.2 Å². The van der Waals surface area contributed by atoms with Crippen molar-refractivity contribution >= 4 is 17.9 Å². The van der Waals surface area contributed by atoms with Crippen molar-refractivity contribution < 1.29 is 28.6 Å². The van der Waals surface area contributed by atoms with Crippen molar-refractivity contribution in [1.29, 1.82) is 0 Å². The van der Waals surface area contributed by atoms with E-state index in [0.717, 1.165) is 69.6 Å². The minimum absolute atomic E-state index is 0.0633. The first-order chi connectivity index (χ1) is 29.7. The third-order valence-corrected chi connectivity index (χ3v) is 12.5. The number of hydrogen-bond acceptors (Lipinski definition) is 6. The molecule has 0 aromatic rings. The molecule has 362 valence electrons. The highest BCUT2D eigenvalue weighted by molar-refractivity contribution is 5.71. The molecule has 0 aliphatic rings. The van der Waals surface area contributed by atoms with Gasteiger partial charge in [-0.25, -0.2) is 0 Å². The summed E-state index contributed by atoms with van der Waals surface area (Å²) in [7, 11) is 0. The Balaban J connectivity index is 4.31. The summed E-state index contributed by atoms with van der Waals surface area (Å²) in [6.45, 7) is 11.4. The average Bonchev–Trinajstić information content (AvgIpc) is 3.23. The molecule has 0 aliphatic heterocycles. The van der Waals surface area contributed by atoms with Gasteiger partial charge >= 0.3 is 17.9 Å². The van der Waals surface area contributed by atoms with Gasteiger partial charge in [-0.3, -0.25) is 14.4 Å². The van der Waals surface area contributed by atoms with E-state index in [0.29, 0.717) is 19.3 Å². The highest BCUT2D eigenvalue weighted by Gasteiger charge is 2.19. The lowest BCUT2D eigenvalue weighted by molar-refractivity contribution is -0.167. The van der Waals surface area contributed by atoms with Crippen molar-refractivity contribution in [2.24, 2.45) is 11.8 Å². The minimum Gasteiger partial charge on any atom is -0.462 e. The van der Waals surface area contributed by atoms with Crippen LogP contribution in [0.5, 0.6) is 0 Å². The van der Waals surface area contributed by atoms with Gasteiger partial charge in [0.15, 0.2) is 6.10 Å². The standard InChI is InChI=1S/C55H106O6/c1-6-7-8-9-10-11-12-13-14-15-19-25-30-35-40-45-53(56)59-48-52(61-55(58)47-42-37-32-27-22-21-24-29-34-39-44-51(4)5)49-60-54(57)46-41-36-31-26-20-17-16-18-23-28-33-38-43-50(2)3/h50-52H,6-49H2,1-5H3/t52-/m1/s1. The SMILES string of the molecule is CCCCCCCCCCCCCCCCCC(=O)OC[C@H](COC(=O)CCCCCCCCCCCCCCC(C)C)OC(=O)CCCCCCCCCCCCC(C)C. The molecule has 0 rings (SSSR count). The summed E-state index contributed by atoms with van der Waals surface area (Å²) in [4.78, 5) is 38.0. The summed E-state index contributed by atoms with van der Waals surface area (Å²) in [5, 5.41) is 0. The van der Waals surface area contributed by atoms with Crippen LogP contribution in [0.3, 0.4) is 0 Å². The largest absolute Gasteiger partial charge is 0.462 e. The van der Waals surface area contributed by atoms with Crippen molar-refractivity contribution in [2.75, 3.05) is 13.2 Å². The zero-order chi connectivity index (χ0) is 44.7. The number of carbonyl (C=O) groups is 3. The van der Waals surface area contributed by atoms with E-state index >= 15 is 0 Å². The fourth-order valence-electron chi connectivity index (χ4n) is 8.34. The molecule has 1 atom stereocenters. The molecule has 0 radical (unpaired) electrons. The van der Waals surface area contributed by atoms with Gasteiger partial charge in [-0.1, -0.05) is 266 Å². The summed E-state index contributed by atoms with van der Waals surface area (Å²) in [5.41, 5.74) is 0. The van der Waals surface area contributed by atoms with Crippen molar-refractivity contribution in [2.45, 2.75) is 310 Å². The number of carbonyl (C=O) groups excluding carboxylic acids is 3. The highest BCUT2D eigenvalue weighted by Crippen LogP contribution is 2.18. The fourth-order valence-corrected chi connectivity index (χ4v) is 8.34. The Hall–Kier alpha value is -1.59. The third-order valence-electron chi connectivity index (χ3n) is 12.5. The first-order valence-corrected chi connectivity index (χ1v) is 27.2. The molecule has 0 fully saturated rings. The van der Waals surface area contributed by atoms with Gasteiger partial charge in [0.05, 0.1) is 0 Å². The lowest BCUT2D eigenvalue weighted by Crippen LogP contribution is -2.30. The molecule has 0 N–H and O–H groups in total. The predicted octanol–water partition coefficient (Wildman–Crippen LogP) is 17.7. The van der Waals surface area contributed by atoms with Crippen molar-refractivity contribution in [3.63, 3.8) is 0 Å². The molecule has 0 aromatic carbocycles. The van der Waals surface area contributed by atoms with Crippen LogP contribution in [0.4, 0.5) is 0 Å². The molecular weight excluding hydrogens is 757 g/mol. The van der Waals surface area contributed by atoms with Crippen LogP contribution in [-0.2, 0) is 28.6 Å². The molecule has 0 spiro atoms. The Labute approximate surface area is 380 Å². The molecule has 6 heteroatoms. The van der Waals surface area contributed by atoms with Gasteiger partial charge in [0, 0.05) is 19.3 Å².